The quantitative estimate of drug-likeness (QED) is 0.613. The van der Waals surface area contributed by atoms with Gasteiger partial charge in [-0.3, -0.25) is 4.79 Å². The Bertz CT molecular complexity index is 387. The normalized spacial score (nSPS) is 10.9. The summed E-state index contributed by atoms with van der Waals surface area (Å²) in [4.78, 5) is 14.5. The van der Waals surface area contributed by atoms with E-state index in [1.165, 1.54) is 11.8 Å². The first-order valence-corrected chi connectivity index (χ1v) is 6.45. The van der Waals surface area contributed by atoms with Crippen LogP contribution in [-0.2, 0) is 4.79 Å². The maximum Gasteiger partial charge on any atom is 0.185 e. The maximum atomic E-state index is 10.7. The van der Waals surface area contributed by atoms with Crippen molar-refractivity contribution in [2.45, 2.75) is 13.3 Å². The minimum absolute atomic E-state index is 0.142. The number of pyridine rings is 1. The molecule has 1 heterocycles. The molecule has 0 aliphatic carbocycles. The fourth-order valence-corrected chi connectivity index (χ4v) is 2.09. The SMILES string of the molecule is CC(=O)SCCC=Cc1cc(Cl)nc(Cl)c1. The molecule has 86 valence electrons. The smallest absolute Gasteiger partial charge is 0.185 e. The largest absolute Gasteiger partial charge is 0.288 e. The summed E-state index contributed by atoms with van der Waals surface area (Å²) in [5, 5.41) is 0.902. The number of aromatic nitrogens is 1. The fourth-order valence-electron chi connectivity index (χ4n) is 1.07. The van der Waals surface area contributed by atoms with Crippen molar-refractivity contribution in [2.24, 2.45) is 0 Å². The predicted octanol–water partition coefficient (Wildman–Crippen LogP) is 4.07. The number of carbonyl (C=O) groups is 1. The van der Waals surface area contributed by atoms with E-state index in [2.05, 4.69) is 4.98 Å². The van der Waals surface area contributed by atoms with Gasteiger partial charge in [-0.2, -0.15) is 0 Å². The number of rotatable bonds is 4. The summed E-state index contributed by atoms with van der Waals surface area (Å²) in [6.45, 7) is 1.57. The summed E-state index contributed by atoms with van der Waals surface area (Å²) in [5.41, 5.74) is 0.915. The molecule has 2 nitrogen and oxygen atoms in total. The number of hydrogen-bond donors (Lipinski definition) is 0. The average Bonchev–Trinajstić information content (AvgIpc) is 2.15. The van der Waals surface area contributed by atoms with Crippen molar-refractivity contribution < 1.29 is 4.79 Å². The molecule has 0 aromatic carbocycles. The minimum Gasteiger partial charge on any atom is -0.288 e. The highest BCUT2D eigenvalue weighted by atomic mass is 35.5. The van der Waals surface area contributed by atoms with Crippen LogP contribution in [0.4, 0.5) is 0 Å². The molecule has 1 aromatic heterocycles. The van der Waals surface area contributed by atoms with Gasteiger partial charge in [-0.25, -0.2) is 4.98 Å². The van der Waals surface area contributed by atoms with Crippen LogP contribution in [0.1, 0.15) is 18.9 Å². The van der Waals surface area contributed by atoms with Crippen LogP contribution >= 0.6 is 35.0 Å². The first-order valence-electron chi connectivity index (χ1n) is 4.71. The van der Waals surface area contributed by atoms with Gasteiger partial charge in [-0.15, -0.1) is 0 Å². The molecular formula is C11H11Cl2NOS. The zero-order valence-corrected chi connectivity index (χ0v) is 11.1. The summed E-state index contributed by atoms with van der Waals surface area (Å²) < 4.78 is 0. The lowest BCUT2D eigenvalue weighted by Crippen LogP contribution is -1.84. The Balaban J connectivity index is 2.46. The molecule has 0 spiro atoms. The molecule has 0 bridgehead atoms. The molecule has 0 fully saturated rings. The third-order valence-electron chi connectivity index (χ3n) is 1.69. The third-order valence-corrected chi connectivity index (χ3v) is 2.92. The lowest BCUT2D eigenvalue weighted by Gasteiger charge is -1.96. The molecule has 0 N–H and O–H groups in total. The van der Waals surface area contributed by atoms with Crippen molar-refractivity contribution in [1.29, 1.82) is 0 Å². The highest BCUT2D eigenvalue weighted by molar-refractivity contribution is 8.13. The second-order valence-corrected chi connectivity index (χ2v) is 5.12. The Kier molecular flexibility index (Phi) is 5.88. The van der Waals surface area contributed by atoms with Crippen LogP contribution in [0.5, 0.6) is 0 Å². The molecule has 0 aliphatic heterocycles. The van der Waals surface area contributed by atoms with Gasteiger partial charge in [-0.1, -0.05) is 47.1 Å². The molecule has 0 atom stereocenters. The van der Waals surface area contributed by atoms with Crippen molar-refractivity contribution >= 4 is 46.2 Å². The van der Waals surface area contributed by atoms with E-state index in [9.17, 15) is 4.79 Å². The Hall–Kier alpha value is -0.510. The van der Waals surface area contributed by atoms with Gasteiger partial charge < -0.3 is 0 Å². The van der Waals surface area contributed by atoms with Crippen molar-refractivity contribution in [2.75, 3.05) is 5.75 Å². The molecule has 5 heteroatoms. The molecule has 0 unspecified atom stereocenters. The second-order valence-electron chi connectivity index (χ2n) is 3.08. The molecule has 0 amide bonds. The molecular weight excluding hydrogens is 265 g/mol. The number of allylic oxidation sites excluding steroid dienone is 1. The van der Waals surface area contributed by atoms with Crippen LogP contribution in [0, 0.1) is 0 Å². The molecule has 0 saturated heterocycles. The average molecular weight is 276 g/mol. The first-order chi connectivity index (χ1) is 7.58. The molecule has 1 rings (SSSR count). The van der Waals surface area contributed by atoms with E-state index in [-0.39, 0.29) is 5.12 Å². The number of carbonyl (C=O) groups excluding carboxylic acids is 1. The summed E-state index contributed by atoms with van der Waals surface area (Å²) in [6, 6.07) is 3.48. The molecule has 16 heavy (non-hydrogen) atoms. The minimum atomic E-state index is 0.142. The molecule has 0 radical (unpaired) electrons. The van der Waals surface area contributed by atoms with E-state index in [1.54, 1.807) is 19.1 Å². The van der Waals surface area contributed by atoms with E-state index < -0.39 is 0 Å². The predicted molar refractivity (Wildman–Crippen MR) is 71.0 cm³/mol. The Morgan fingerprint density at radius 1 is 1.44 bits per heavy atom. The Morgan fingerprint density at radius 3 is 2.62 bits per heavy atom. The standard InChI is InChI=1S/C11H11Cl2NOS/c1-8(15)16-5-3-2-4-9-6-10(12)14-11(13)7-9/h2,4,6-7H,3,5H2,1H3. The van der Waals surface area contributed by atoms with Crippen molar-refractivity contribution in [3.8, 4) is 0 Å². The van der Waals surface area contributed by atoms with Crippen LogP contribution in [0.15, 0.2) is 18.2 Å². The van der Waals surface area contributed by atoms with Gasteiger partial charge in [0.05, 0.1) is 0 Å². The van der Waals surface area contributed by atoms with Crippen molar-refractivity contribution in [3.63, 3.8) is 0 Å². The van der Waals surface area contributed by atoms with Gasteiger partial charge in [0.25, 0.3) is 0 Å². The fraction of sp³-hybridized carbons (Fsp3) is 0.273. The number of halogens is 2. The summed E-state index contributed by atoms with van der Waals surface area (Å²) in [5.74, 6) is 0.790. The van der Waals surface area contributed by atoms with Gasteiger partial charge in [0.2, 0.25) is 0 Å². The monoisotopic (exact) mass is 275 g/mol. The Labute approximate surface area is 109 Å². The summed E-state index contributed by atoms with van der Waals surface area (Å²) in [7, 11) is 0. The zero-order chi connectivity index (χ0) is 12.0. The van der Waals surface area contributed by atoms with Gasteiger partial charge in [0.1, 0.15) is 10.3 Å². The van der Waals surface area contributed by atoms with E-state index in [0.29, 0.717) is 10.3 Å². The van der Waals surface area contributed by atoms with Crippen molar-refractivity contribution in [3.05, 3.63) is 34.1 Å². The number of nitrogens with zero attached hydrogens (tertiary/aromatic N) is 1. The van der Waals surface area contributed by atoms with Gasteiger partial charge in [-0.05, 0) is 24.1 Å². The van der Waals surface area contributed by atoms with Crippen LogP contribution in [-0.4, -0.2) is 15.9 Å². The zero-order valence-electron chi connectivity index (χ0n) is 8.74. The lowest BCUT2D eigenvalue weighted by molar-refractivity contribution is -0.109. The van der Waals surface area contributed by atoms with E-state index in [4.69, 9.17) is 23.2 Å². The molecule has 0 aliphatic rings. The van der Waals surface area contributed by atoms with Crippen LogP contribution in [0.3, 0.4) is 0 Å². The molecule has 0 saturated carbocycles. The third kappa shape index (κ3) is 5.54. The second kappa shape index (κ2) is 6.94. The summed E-state index contributed by atoms with van der Waals surface area (Å²) in [6.07, 6.45) is 4.74. The van der Waals surface area contributed by atoms with Gasteiger partial charge >= 0.3 is 0 Å². The van der Waals surface area contributed by atoms with Gasteiger partial charge in [0, 0.05) is 12.7 Å². The van der Waals surface area contributed by atoms with Crippen LogP contribution in [0.2, 0.25) is 10.3 Å². The molecule has 1 aromatic rings. The first kappa shape index (κ1) is 13.6. The van der Waals surface area contributed by atoms with Gasteiger partial charge in [0.15, 0.2) is 5.12 Å². The maximum absolute atomic E-state index is 10.7. The van der Waals surface area contributed by atoms with E-state index in [0.717, 1.165) is 17.7 Å². The topological polar surface area (TPSA) is 30.0 Å². The van der Waals surface area contributed by atoms with Crippen LogP contribution in [0.25, 0.3) is 6.08 Å². The van der Waals surface area contributed by atoms with Crippen molar-refractivity contribution in [1.82, 2.24) is 4.98 Å². The van der Waals surface area contributed by atoms with E-state index >= 15 is 0 Å². The highest BCUT2D eigenvalue weighted by Crippen LogP contribution is 2.16. The van der Waals surface area contributed by atoms with E-state index in [1.807, 2.05) is 12.2 Å². The Morgan fingerprint density at radius 2 is 2.06 bits per heavy atom. The number of thioether (sulfide) groups is 1. The number of hydrogen-bond acceptors (Lipinski definition) is 3. The lowest BCUT2D eigenvalue weighted by atomic mass is 10.2. The summed E-state index contributed by atoms with van der Waals surface area (Å²) >= 11 is 12.8. The van der Waals surface area contributed by atoms with Crippen LogP contribution < -0.4 is 0 Å². The highest BCUT2D eigenvalue weighted by Gasteiger charge is 1.96.